The Labute approximate surface area is 265 Å². The van der Waals surface area contributed by atoms with Gasteiger partial charge < -0.3 is 30.0 Å². The molecule has 2 aromatic carbocycles. The van der Waals surface area contributed by atoms with Crippen LogP contribution < -0.4 is 20.5 Å². The lowest BCUT2D eigenvalue weighted by molar-refractivity contribution is -0.385. The zero-order valence-electron chi connectivity index (χ0n) is 24.8. The van der Waals surface area contributed by atoms with Gasteiger partial charge in [0.25, 0.3) is 11.4 Å². The number of morpholine rings is 2. The van der Waals surface area contributed by atoms with Gasteiger partial charge in [-0.2, -0.15) is 0 Å². The third-order valence-corrected chi connectivity index (χ3v) is 6.39. The average Bonchev–Trinajstić information content (AvgIpc) is 3.04. The van der Waals surface area contributed by atoms with Gasteiger partial charge in [-0.1, -0.05) is 0 Å². The molecule has 0 bridgehead atoms. The minimum Gasteiger partial charge on any atom is -0.414 e. The first-order valence-corrected chi connectivity index (χ1v) is 14.7. The van der Waals surface area contributed by atoms with Gasteiger partial charge in [-0.05, 0) is 56.7 Å². The standard InChI is InChI=1S/C14H19N3O5.C7H4ClNO4.C7H16N2O/c18-14(15-6-1-7-16-8-10-21-11-9-16)22-13-4-2-12(3-5-13)17(19)20;8-7(10)13-6-3-1-5(2-4-6)9(11)12;8-2-1-3-9-4-6-10-7-5-9/h2-5H,1,6-11H2,(H,15,18);1-4H;1-8H2. The van der Waals surface area contributed by atoms with E-state index >= 15 is 0 Å². The van der Waals surface area contributed by atoms with Crippen LogP contribution in [0.5, 0.6) is 11.5 Å². The Hall–Kier alpha value is -3.93. The van der Waals surface area contributed by atoms with Crippen molar-refractivity contribution in [3.05, 3.63) is 68.8 Å². The number of nitrogens with one attached hydrogen (secondary N) is 1. The Kier molecular flexibility index (Phi) is 18.0. The van der Waals surface area contributed by atoms with E-state index in [0.29, 0.717) is 6.54 Å². The molecule has 0 spiro atoms. The van der Waals surface area contributed by atoms with Crippen molar-refractivity contribution in [2.75, 3.05) is 78.8 Å². The van der Waals surface area contributed by atoms with E-state index < -0.39 is 21.4 Å². The third-order valence-electron chi connectivity index (χ3n) is 6.31. The highest BCUT2D eigenvalue weighted by molar-refractivity contribution is 6.61. The summed E-state index contributed by atoms with van der Waals surface area (Å²) < 4.78 is 20.0. The van der Waals surface area contributed by atoms with Crippen LogP contribution in [-0.2, 0) is 9.47 Å². The quantitative estimate of drug-likeness (QED) is 0.155. The largest absolute Gasteiger partial charge is 0.414 e. The molecule has 17 heteroatoms. The number of carbonyl (C=O) groups excluding carboxylic acids is 2. The molecule has 0 atom stereocenters. The molecule has 2 saturated heterocycles. The van der Waals surface area contributed by atoms with Crippen LogP contribution in [0.3, 0.4) is 0 Å². The first kappa shape index (κ1) is 37.3. The SMILES string of the molecule is NCCCN1CCOCC1.O=C(Cl)Oc1ccc([N+](=O)[O-])cc1.O=C(NCCCN1CCOCC1)Oc1ccc([N+](=O)[O-])cc1. The van der Waals surface area contributed by atoms with E-state index in [0.717, 1.165) is 85.1 Å². The van der Waals surface area contributed by atoms with Crippen molar-refractivity contribution in [1.82, 2.24) is 15.1 Å². The maximum Gasteiger partial charge on any atom is 0.412 e. The van der Waals surface area contributed by atoms with Gasteiger partial charge in [0.15, 0.2) is 0 Å². The van der Waals surface area contributed by atoms with Crippen molar-refractivity contribution < 1.29 is 38.4 Å². The second-order valence-corrected chi connectivity index (χ2v) is 9.87. The number of carbonyl (C=O) groups is 2. The molecule has 2 aliphatic rings. The molecule has 2 heterocycles. The van der Waals surface area contributed by atoms with Gasteiger partial charge in [0.1, 0.15) is 11.5 Å². The lowest BCUT2D eigenvalue weighted by atomic mass is 10.3. The van der Waals surface area contributed by atoms with Crippen LogP contribution >= 0.6 is 11.6 Å². The van der Waals surface area contributed by atoms with Crippen molar-refractivity contribution in [3.8, 4) is 11.5 Å². The summed E-state index contributed by atoms with van der Waals surface area (Å²) >= 11 is 4.92. The van der Waals surface area contributed by atoms with Gasteiger partial charge in [-0.15, -0.1) is 0 Å². The summed E-state index contributed by atoms with van der Waals surface area (Å²) in [6.07, 6.45) is 1.38. The van der Waals surface area contributed by atoms with E-state index in [1.165, 1.54) is 48.5 Å². The van der Waals surface area contributed by atoms with Crippen molar-refractivity contribution in [3.63, 3.8) is 0 Å². The topological polar surface area (TPSA) is 202 Å². The van der Waals surface area contributed by atoms with E-state index in [4.69, 9.17) is 31.5 Å². The highest BCUT2D eigenvalue weighted by Gasteiger charge is 2.11. The van der Waals surface area contributed by atoms with Crippen molar-refractivity contribution >= 4 is 34.5 Å². The number of rotatable bonds is 11. The molecule has 16 nitrogen and oxygen atoms in total. The highest BCUT2D eigenvalue weighted by Crippen LogP contribution is 2.18. The third kappa shape index (κ3) is 16.6. The van der Waals surface area contributed by atoms with Crippen LogP contribution in [0.2, 0.25) is 0 Å². The maximum absolute atomic E-state index is 11.6. The summed E-state index contributed by atoms with van der Waals surface area (Å²) in [5, 5.41) is 23.4. The van der Waals surface area contributed by atoms with Gasteiger partial charge in [0.05, 0.1) is 36.3 Å². The first-order valence-electron chi connectivity index (χ1n) is 14.3. The molecule has 0 unspecified atom stereocenters. The van der Waals surface area contributed by atoms with Crippen LogP contribution in [0.15, 0.2) is 48.5 Å². The van der Waals surface area contributed by atoms with Gasteiger partial charge in [0.2, 0.25) is 0 Å². The van der Waals surface area contributed by atoms with Gasteiger partial charge in [0, 0.05) is 68.6 Å². The van der Waals surface area contributed by atoms with E-state index in [-0.39, 0.29) is 22.9 Å². The summed E-state index contributed by atoms with van der Waals surface area (Å²) in [7, 11) is 0. The molecule has 248 valence electrons. The molecule has 2 aromatic rings. The lowest BCUT2D eigenvalue weighted by Crippen LogP contribution is -2.38. The number of hydrogen-bond acceptors (Lipinski definition) is 13. The van der Waals surface area contributed by atoms with Crippen LogP contribution in [0.1, 0.15) is 12.8 Å². The fourth-order valence-electron chi connectivity index (χ4n) is 3.97. The summed E-state index contributed by atoms with van der Waals surface area (Å²) in [6, 6.07) is 10.4. The van der Waals surface area contributed by atoms with Gasteiger partial charge >= 0.3 is 11.5 Å². The average molecular weight is 655 g/mol. The second kappa shape index (κ2) is 21.7. The van der Waals surface area contributed by atoms with Gasteiger partial charge in [-0.25, -0.2) is 9.59 Å². The molecule has 0 aromatic heterocycles. The molecule has 3 N–H and O–H groups in total. The molecule has 1 amide bonds. The Morgan fingerprint density at radius 2 is 1.20 bits per heavy atom. The second-order valence-electron chi connectivity index (χ2n) is 9.56. The van der Waals surface area contributed by atoms with Crippen molar-refractivity contribution in [2.45, 2.75) is 12.8 Å². The number of nitro benzene ring substituents is 2. The number of halogens is 1. The molecule has 2 fully saturated rings. The smallest absolute Gasteiger partial charge is 0.412 e. The summed E-state index contributed by atoms with van der Waals surface area (Å²) in [5.41, 5.74) is 4.29. The normalized spacial score (nSPS) is 14.9. The number of benzene rings is 2. The predicted molar refractivity (Wildman–Crippen MR) is 165 cm³/mol. The molecular weight excluding hydrogens is 616 g/mol. The maximum atomic E-state index is 11.6. The number of hydrogen-bond donors (Lipinski definition) is 2. The van der Waals surface area contributed by atoms with E-state index in [2.05, 4.69) is 19.9 Å². The van der Waals surface area contributed by atoms with Crippen LogP contribution in [-0.4, -0.2) is 110 Å². The number of nitro groups is 2. The fourth-order valence-corrected chi connectivity index (χ4v) is 4.05. The fraction of sp³-hybridized carbons (Fsp3) is 0.500. The number of non-ortho nitro benzene ring substituents is 2. The zero-order valence-corrected chi connectivity index (χ0v) is 25.6. The molecule has 0 radical (unpaired) electrons. The van der Waals surface area contributed by atoms with Crippen LogP contribution in [0.25, 0.3) is 0 Å². The lowest BCUT2D eigenvalue weighted by Gasteiger charge is -2.26. The number of ether oxygens (including phenoxy) is 4. The molecule has 0 saturated carbocycles. The minimum atomic E-state index is -0.978. The van der Waals surface area contributed by atoms with Gasteiger partial charge in [-0.3, -0.25) is 30.0 Å². The summed E-state index contributed by atoms with van der Waals surface area (Å²) in [6.45, 7) is 10.7. The first-order chi connectivity index (χ1) is 21.7. The predicted octanol–water partition coefficient (Wildman–Crippen LogP) is 3.41. The number of nitrogens with zero attached hydrogens (tertiary/aromatic N) is 4. The van der Waals surface area contributed by atoms with Crippen molar-refractivity contribution in [2.24, 2.45) is 5.73 Å². The Bertz CT molecular complexity index is 1180. The van der Waals surface area contributed by atoms with Crippen LogP contribution in [0.4, 0.5) is 21.0 Å². The molecular formula is C28H39ClN6O10. The molecule has 2 aliphatic heterocycles. The van der Waals surface area contributed by atoms with Crippen molar-refractivity contribution in [1.29, 1.82) is 0 Å². The molecule has 45 heavy (non-hydrogen) atoms. The number of nitrogens with two attached hydrogens (primary N) is 1. The van der Waals surface area contributed by atoms with E-state index in [1.807, 2.05) is 0 Å². The van der Waals surface area contributed by atoms with E-state index in [1.54, 1.807) is 0 Å². The van der Waals surface area contributed by atoms with E-state index in [9.17, 15) is 29.8 Å². The minimum absolute atomic E-state index is 0.0433. The monoisotopic (exact) mass is 654 g/mol. The molecule has 4 rings (SSSR count). The Balaban J connectivity index is 0.000000259. The Morgan fingerprint density at radius 3 is 1.60 bits per heavy atom. The Morgan fingerprint density at radius 1 is 0.778 bits per heavy atom. The van der Waals surface area contributed by atoms with Crippen LogP contribution in [0, 0.1) is 20.2 Å². The summed E-state index contributed by atoms with van der Waals surface area (Å²) in [5.74, 6) is 0.446. The molecule has 0 aliphatic carbocycles. The summed E-state index contributed by atoms with van der Waals surface area (Å²) in [4.78, 5) is 46.2. The highest BCUT2D eigenvalue weighted by atomic mass is 35.5. The zero-order chi connectivity index (χ0) is 32.9. The number of amides is 1.